The zero-order chi connectivity index (χ0) is 22.8. The van der Waals surface area contributed by atoms with Crippen LogP contribution in [0.4, 0.5) is 10.5 Å². The van der Waals surface area contributed by atoms with Crippen molar-refractivity contribution in [1.29, 1.82) is 0 Å². The molecule has 31 heavy (non-hydrogen) atoms. The summed E-state index contributed by atoms with van der Waals surface area (Å²) in [5.41, 5.74) is 5.87. The van der Waals surface area contributed by atoms with Crippen LogP contribution in [0.5, 0.6) is 0 Å². The van der Waals surface area contributed by atoms with Gasteiger partial charge in [0.15, 0.2) is 0 Å². The fraction of sp³-hybridized carbons (Fsp3) is 0.538. The predicted molar refractivity (Wildman–Crippen MR) is 127 cm³/mol. The van der Waals surface area contributed by atoms with E-state index in [0.29, 0.717) is 0 Å². The number of nitrogens with one attached hydrogen (secondary N) is 1. The first-order valence-electron chi connectivity index (χ1n) is 11.3. The number of fused-ring (bicyclic) bond motifs is 1. The van der Waals surface area contributed by atoms with E-state index in [1.54, 1.807) is 0 Å². The van der Waals surface area contributed by atoms with E-state index < -0.39 is 5.60 Å². The molecule has 5 heteroatoms. The Bertz CT molecular complexity index is 916. The Labute approximate surface area is 187 Å². The van der Waals surface area contributed by atoms with Gasteiger partial charge in [0.1, 0.15) is 5.60 Å². The lowest BCUT2D eigenvalue weighted by Gasteiger charge is -2.41. The molecular weight excluding hydrogens is 386 g/mol. The molecule has 1 N–H and O–H groups in total. The zero-order valence-electron chi connectivity index (χ0n) is 20.1. The average molecular weight is 424 g/mol. The number of pyridine rings is 1. The summed E-state index contributed by atoms with van der Waals surface area (Å²) >= 11 is 0. The Kier molecular flexibility index (Phi) is 6.63. The number of amides is 1. The van der Waals surface area contributed by atoms with E-state index in [0.717, 1.165) is 31.5 Å². The summed E-state index contributed by atoms with van der Waals surface area (Å²) in [6.45, 7) is 16.3. The van der Waals surface area contributed by atoms with E-state index in [9.17, 15) is 4.79 Å². The number of hydrogen-bond acceptors (Lipinski definition) is 4. The third-order valence-corrected chi connectivity index (χ3v) is 6.01. The van der Waals surface area contributed by atoms with Crippen LogP contribution < -0.4 is 10.2 Å². The van der Waals surface area contributed by atoms with Gasteiger partial charge in [0.2, 0.25) is 0 Å². The molecular formula is C26H37N3O2. The molecule has 0 saturated heterocycles. The number of ether oxygens (including phenoxy) is 1. The highest BCUT2D eigenvalue weighted by Crippen LogP contribution is 2.42. The molecule has 2 aromatic rings. The van der Waals surface area contributed by atoms with Crippen LogP contribution >= 0.6 is 0 Å². The molecule has 3 rings (SSSR count). The van der Waals surface area contributed by atoms with Crippen molar-refractivity contribution in [1.82, 2.24) is 10.3 Å². The highest BCUT2D eigenvalue weighted by Gasteiger charge is 2.33. The number of aromatic nitrogens is 1. The van der Waals surface area contributed by atoms with Crippen LogP contribution in [0, 0.1) is 0 Å². The van der Waals surface area contributed by atoms with Gasteiger partial charge in [0, 0.05) is 31.2 Å². The van der Waals surface area contributed by atoms with Gasteiger partial charge >= 0.3 is 6.09 Å². The van der Waals surface area contributed by atoms with Crippen molar-refractivity contribution in [2.24, 2.45) is 0 Å². The van der Waals surface area contributed by atoms with E-state index in [4.69, 9.17) is 4.74 Å². The third kappa shape index (κ3) is 5.57. The Balaban J connectivity index is 1.96. The number of rotatable bonds is 5. The van der Waals surface area contributed by atoms with Gasteiger partial charge in [0.05, 0.1) is 6.04 Å². The minimum absolute atomic E-state index is 0.116. The van der Waals surface area contributed by atoms with Gasteiger partial charge in [-0.15, -0.1) is 0 Å². The maximum atomic E-state index is 12.4. The van der Waals surface area contributed by atoms with Gasteiger partial charge in [0.25, 0.3) is 0 Å². The standard InChI is InChI=1S/C26H37N3O2/c1-8-20-14-22-23(15-21(20)18(2)28-24(30)31-25(3,4)5)29(13-11-26(22,6)7)17-19-10-9-12-27-16-19/h9-10,12,14-16,18H,8,11,13,17H2,1-7H3,(H,28,30). The zero-order valence-corrected chi connectivity index (χ0v) is 20.1. The van der Waals surface area contributed by atoms with Gasteiger partial charge < -0.3 is 15.0 Å². The molecule has 1 unspecified atom stereocenters. The average Bonchev–Trinajstić information content (AvgIpc) is 2.68. The molecule has 0 fully saturated rings. The highest BCUT2D eigenvalue weighted by molar-refractivity contribution is 5.69. The second-order valence-corrected chi connectivity index (χ2v) is 10.2. The third-order valence-electron chi connectivity index (χ3n) is 6.01. The first kappa shape index (κ1) is 23.1. The van der Waals surface area contributed by atoms with Crippen LogP contribution in [-0.4, -0.2) is 23.2 Å². The smallest absolute Gasteiger partial charge is 0.408 e. The number of hydrogen-bond donors (Lipinski definition) is 1. The molecule has 1 aliphatic rings. The van der Waals surface area contributed by atoms with Crippen molar-refractivity contribution >= 4 is 11.8 Å². The first-order chi connectivity index (χ1) is 14.5. The quantitative estimate of drug-likeness (QED) is 0.649. The van der Waals surface area contributed by atoms with Crippen molar-refractivity contribution < 1.29 is 9.53 Å². The minimum Gasteiger partial charge on any atom is -0.444 e. The molecule has 1 aliphatic heterocycles. The molecule has 0 radical (unpaired) electrons. The van der Waals surface area contributed by atoms with E-state index in [1.807, 2.05) is 46.2 Å². The van der Waals surface area contributed by atoms with Crippen molar-refractivity contribution in [2.75, 3.05) is 11.4 Å². The fourth-order valence-electron chi connectivity index (χ4n) is 4.27. The maximum absolute atomic E-state index is 12.4. The number of anilines is 1. The Hall–Kier alpha value is -2.56. The lowest BCUT2D eigenvalue weighted by atomic mass is 9.75. The molecule has 0 spiro atoms. The fourth-order valence-corrected chi connectivity index (χ4v) is 4.27. The normalized spacial score (nSPS) is 16.4. The van der Waals surface area contributed by atoms with E-state index >= 15 is 0 Å². The van der Waals surface area contributed by atoms with Crippen LogP contribution in [0.15, 0.2) is 36.7 Å². The number of carbonyl (C=O) groups is 1. The summed E-state index contributed by atoms with van der Waals surface area (Å²) in [5, 5.41) is 3.03. The number of alkyl carbamates (subject to hydrolysis) is 1. The summed E-state index contributed by atoms with van der Waals surface area (Å²) in [7, 11) is 0. The largest absolute Gasteiger partial charge is 0.444 e. The topological polar surface area (TPSA) is 54.5 Å². The van der Waals surface area contributed by atoms with Crippen molar-refractivity contribution in [3.8, 4) is 0 Å². The van der Waals surface area contributed by atoms with Crippen LogP contribution in [-0.2, 0) is 23.1 Å². The monoisotopic (exact) mass is 423 g/mol. The number of benzene rings is 1. The van der Waals surface area contributed by atoms with Crippen LogP contribution in [0.25, 0.3) is 0 Å². The second-order valence-electron chi connectivity index (χ2n) is 10.2. The Morgan fingerprint density at radius 3 is 2.68 bits per heavy atom. The molecule has 1 aromatic heterocycles. The number of carbonyl (C=O) groups excluding carboxylic acids is 1. The summed E-state index contributed by atoms with van der Waals surface area (Å²) in [6, 6.07) is 8.62. The summed E-state index contributed by atoms with van der Waals surface area (Å²) in [5.74, 6) is 0. The van der Waals surface area contributed by atoms with Gasteiger partial charge in [-0.05, 0) is 80.3 Å². The number of aryl methyl sites for hydroxylation is 1. The predicted octanol–water partition coefficient (Wildman–Crippen LogP) is 5.92. The molecule has 1 atom stereocenters. The minimum atomic E-state index is -0.516. The van der Waals surface area contributed by atoms with Crippen molar-refractivity contribution in [2.45, 2.75) is 84.9 Å². The van der Waals surface area contributed by atoms with Gasteiger partial charge in [-0.1, -0.05) is 32.9 Å². The molecule has 5 nitrogen and oxygen atoms in total. The summed E-state index contributed by atoms with van der Waals surface area (Å²) in [6.07, 6.45) is 5.39. The first-order valence-corrected chi connectivity index (χ1v) is 11.3. The lowest BCUT2D eigenvalue weighted by Crippen LogP contribution is -2.38. The summed E-state index contributed by atoms with van der Waals surface area (Å²) < 4.78 is 5.48. The molecule has 0 saturated carbocycles. The van der Waals surface area contributed by atoms with Crippen LogP contribution in [0.3, 0.4) is 0 Å². The second kappa shape index (κ2) is 8.89. The number of nitrogens with zero attached hydrogens (tertiary/aromatic N) is 2. The SMILES string of the molecule is CCc1cc2c(cc1C(C)NC(=O)OC(C)(C)C)N(Cc1cccnc1)CCC2(C)C. The molecule has 0 bridgehead atoms. The van der Waals surface area contributed by atoms with Crippen molar-refractivity contribution in [3.63, 3.8) is 0 Å². The van der Waals surface area contributed by atoms with Gasteiger partial charge in [-0.3, -0.25) is 4.98 Å². The maximum Gasteiger partial charge on any atom is 0.408 e. The van der Waals surface area contributed by atoms with Crippen LogP contribution in [0.1, 0.15) is 83.2 Å². The Morgan fingerprint density at radius 2 is 2.06 bits per heavy atom. The highest BCUT2D eigenvalue weighted by atomic mass is 16.6. The summed E-state index contributed by atoms with van der Waals surface area (Å²) in [4.78, 5) is 19.1. The van der Waals surface area contributed by atoms with E-state index in [2.05, 4.69) is 54.2 Å². The van der Waals surface area contributed by atoms with E-state index in [-0.39, 0.29) is 17.6 Å². The lowest BCUT2D eigenvalue weighted by molar-refractivity contribution is 0.0507. The molecule has 168 valence electrons. The molecule has 2 heterocycles. The van der Waals surface area contributed by atoms with Crippen LogP contribution in [0.2, 0.25) is 0 Å². The van der Waals surface area contributed by atoms with Gasteiger partial charge in [-0.2, -0.15) is 0 Å². The van der Waals surface area contributed by atoms with E-state index in [1.165, 1.54) is 22.4 Å². The van der Waals surface area contributed by atoms with Crippen molar-refractivity contribution in [3.05, 3.63) is 58.9 Å². The van der Waals surface area contributed by atoms with Gasteiger partial charge in [-0.25, -0.2) is 4.79 Å². The Morgan fingerprint density at radius 1 is 1.32 bits per heavy atom. The molecule has 1 aromatic carbocycles. The molecule has 1 amide bonds. The molecule has 0 aliphatic carbocycles.